The number of hydrogen-bond acceptors (Lipinski definition) is 4. The van der Waals surface area contributed by atoms with Gasteiger partial charge in [-0.3, -0.25) is 4.90 Å². The molecule has 4 heteroatoms. The van der Waals surface area contributed by atoms with Gasteiger partial charge in [-0.1, -0.05) is 25.1 Å². The van der Waals surface area contributed by atoms with E-state index in [0.717, 1.165) is 55.0 Å². The number of para-hydroxylation sites is 1. The number of hydrogen-bond donors (Lipinski definition) is 1. The van der Waals surface area contributed by atoms with Crippen molar-refractivity contribution < 1.29 is 9.15 Å². The minimum atomic E-state index is -0.212. The number of ether oxygens (including phenoxy) is 1. The molecule has 0 spiro atoms. The highest BCUT2D eigenvalue weighted by Gasteiger charge is 2.28. The smallest absolute Gasteiger partial charge is 0.137 e. The van der Waals surface area contributed by atoms with Crippen LogP contribution in [0.2, 0.25) is 0 Å². The number of nitrogens with two attached hydrogens (primary N) is 1. The van der Waals surface area contributed by atoms with Crippen molar-refractivity contribution in [2.24, 2.45) is 5.73 Å². The molecular formula is C17H24N2O2. The number of fused-ring (bicyclic) bond motifs is 1. The second-order valence-electron chi connectivity index (χ2n) is 5.88. The number of furan rings is 1. The van der Waals surface area contributed by atoms with Crippen molar-refractivity contribution in [2.45, 2.75) is 32.4 Å². The third-order valence-corrected chi connectivity index (χ3v) is 4.21. The molecule has 2 atom stereocenters. The second kappa shape index (κ2) is 6.18. The topological polar surface area (TPSA) is 51.6 Å². The molecular weight excluding hydrogens is 264 g/mol. The largest absolute Gasteiger partial charge is 0.459 e. The molecule has 3 rings (SSSR count). The van der Waals surface area contributed by atoms with Gasteiger partial charge in [0.2, 0.25) is 0 Å². The van der Waals surface area contributed by atoms with Crippen molar-refractivity contribution in [1.82, 2.24) is 4.90 Å². The third-order valence-electron chi connectivity index (χ3n) is 4.21. The maximum absolute atomic E-state index is 6.40. The van der Waals surface area contributed by atoms with Crippen LogP contribution in [0, 0.1) is 6.92 Å². The molecule has 4 nitrogen and oxygen atoms in total. The van der Waals surface area contributed by atoms with Crippen LogP contribution in [0.3, 0.4) is 0 Å². The molecule has 0 amide bonds. The Morgan fingerprint density at radius 1 is 1.43 bits per heavy atom. The minimum Gasteiger partial charge on any atom is -0.459 e. The van der Waals surface area contributed by atoms with Crippen molar-refractivity contribution in [1.29, 1.82) is 0 Å². The first-order chi connectivity index (χ1) is 10.2. The molecule has 0 radical (unpaired) electrons. The Hall–Kier alpha value is -1.36. The zero-order chi connectivity index (χ0) is 14.8. The van der Waals surface area contributed by atoms with E-state index in [1.165, 1.54) is 0 Å². The number of nitrogens with zero attached hydrogens (tertiary/aromatic N) is 1. The molecule has 1 aliphatic heterocycles. The van der Waals surface area contributed by atoms with Crippen molar-refractivity contribution in [3.63, 3.8) is 0 Å². The van der Waals surface area contributed by atoms with Crippen molar-refractivity contribution in [2.75, 3.05) is 26.2 Å². The lowest BCUT2D eigenvalue weighted by Crippen LogP contribution is -2.47. The highest BCUT2D eigenvalue weighted by atomic mass is 16.5. The van der Waals surface area contributed by atoms with Gasteiger partial charge in [0.05, 0.1) is 18.8 Å². The molecule has 1 saturated heterocycles. The fourth-order valence-corrected chi connectivity index (χ4v) is 3.04. The van der Waals surface area contributed by atoms with Crippen LogP contribution < -0.4 is 5.73 Å². The summed E-state index contributed by atoms with van der Waals surface area (Å²) in [6.07, 6.45) is 1.16. The van der Waals surface area contributed by atoms with Crippen LogP contribution in [0.15, 0.2) is 28.7 Å². The molecule has 2 heterocycles. The van der Waals surface area contributed by atoms with Gasteiger partial charge in [-0.2, -0.15) is 0 Å². The van der Waals surface area contributed by atoms with Gasteiger partial charge in [0, 0.05) is 18.5 Å². The monoisotopic (exact) mass is 288 g/mol. The first-order valence-electron chi connectivity index (χ1n) is 7.77. The Kier molecular flexibility index (Phi) is 4.29. The fourth-order valence-electron chi connectivity index (χ4n) is 3.04. The molecule has 0 bridgehead atoms. The first kappa shape index (κ1) is 14.6. The van der Waals surface area contributed by atoms with E-state index in [1.807, 2.05) is 6.07 Å². The van der Waals surface area contributed by atoms with E-state index in [4.69, 9.17) is 14.9 Å². The lowest BCUT2D eigenvalue weighted by atomic mass is 10.1. The van der Waals surface area contributed by atoms with Gasteiger partial charge in [-0.15, -0.1) is 0 Å². The first-order valence-corrected chi connectivity index (χ1v) is 7.77. The summed E-state index contributed by atoms with van der Waals surface area (Å²) in [4.78, 5) is 2.42. The van der Waals surface area contributed by atoms with Crippen LogP contribution in [0.1, 0.15) is 30.7 Å². The lowest BCUT2D eigenvalue weighted by Gasteiger charge is -2.34. The highest BCUT2D eigenvalue weighted by Crippen LogP contribution is 2.28. The van der Waals surface area contributed by atoms with Gasteiger partial charge in [0.25, 0.3) is 0 Å². The Labute approximate surface area is 125 Å². The van der Waals surface area contributed by atoms with Crippen LogP contribution in [0.25, 0.3) is 11.0 Å². The number of morpholine rings is 1. The molecule has 2 aromatic rings. The predicted molar refractivity (Wildman–Crippen MR) is 84.4 cm³/mol. The van der Waals surface area contributed by atoms with Crippen LogP contribution >= 0.6 is 0 Å². The summed E-state index contributed by atoms with van der Waals surface area (Å²) in [5.74, 6) is 0.822. The Bertz CT molecular complexity index is 606. The summed E-state index contributed by atoms with van der Waals surface area (Å²) >= 11 is 0. The van der Waals surface area contributed by atoms with Gasteiger partial charge in [-0.25, -0.2) is 0 Å². The zero-order valence-electron chi connectivity index (χ0n) is 12.8. The third kappa shape index (κ3) is 2.98. The van der Waals surface area contributed by atoms with E-state index in [0.29, 0.717) is 0 Å². The standard InChI is InChI=1S/C17H24N2O2/c1-3-7-19-8-9-20-15(11-19)16(18)14-10-13-6-4-5-12(2)17(13)21-14/h4-6,10,15-16H,3,7-9,11,18H2,1-2H3. The van der Waals surface area contributed by atoms with E-state index in [-0.39, 0.29) is 12.1 Å². The molecule has 1 aromatic carbocycles. The van der Waals surface area contributed by atoms with Crippen LogP contribution in [-0.2, 0) is 4.74 Å². The van der Waals surface area contributed by atoms with E-state index in [1.54, 1.807) is 0 Å². The Morgan fingerprint density at radius 2 is 2.29 bits per heavy atom. The maximum Gasteiger partial charge on any atom is 0.137 e. The minimum absolute atomic E-state index is 0.00571. The molecule has 1 aromatic heterocycles. The normalized spacial score (nSPS) is 21.8. The van der Waals surface area contributed by atoms with Crippen LogP contribution in [0.4, 0.5) is 0 Å². The molecule has 21 heavy (non-hydrogen) atoms. The van der Waals surface area contributed by atoms with Crippen LogP contribution in [-0.4, -0.2) is 37.2 Å². The SMILES string of the molecule is CCCN1CCOC(C(N)c2cc3cccc(C)c3o2)C1. The predicted octanol–water partition coefficient (Wildman–Crippen LogP) is 2.85. The average Bonchev–Trinajstić information content (AvgIpc) is 2.93. The Morgan fingerprint density at radius 3 is 3.05 bits per heavy atom. The molecule has 1 aliphatic rings. The fraction of sp³-hybridized carbons (Fsp3) is 0.529. The molecule has 1 fully saturated rings. The maximum atomic E-state index is 6.40. The summed E-state index contributed by atoms with van der Waals surface area (Å²) in [5.41, 5.74) is 8.47. The highest BCUT2D eigenvalue weighted by molar-refractivity contribution is 5.81. The summed E-state index contributed by atoms with van der Waals surface area (Å²) in [7, 11) is 0. The molecule has 0 saturated carbocycles. The van der Waals surface area contributed by atoms with Crippen molar-refractivity contribution in [3.8, 4) is 0 Å². The van der Waals surface area contributed by atoms with Gasteiger partial charge >= 0.3 is 0 Å². The summed E-state index contributed by atoms with van der Waals surface area (Å²) < 4.78 is 11.9. The van der Waals surface area contributed by atoms with Gasteiger partial charge in [-0.05, 0) is 31.5 Å². The summed E-state index contributed by atoms with van der Waals surface area (Å²) in [6, 6.07) is 8.00. The summed E-state index contributed by atoms with van der Waals surface area (Å²) in [6.45, 7) is 7.98. The lowest BCUT2D eigenvalue weighted by molar-refractivity contribution is -0.0434. The average molecular weight is 288 g/mol. The van der Waals surface area contributed by atoms with Crippen LogP contribution in [0.5, 0.6) is 0 Å². The van der Waals surface area contributed by atoms with E-state index in [9.17, 15) is 0 Å². The second-order valence-corrected chi connectivity index (χ2v) is 5.88. The van der Waals surface area contributed by atoms with Crippen molar-refractivity contribution in [3.05, 3.63) is 35.6 Å². The zero-order valence-corrected chi connectivity index (χ0v) is 12.8. The van der Waals surface area contributed by atoms with Gasteiger partial charge in [0.1, 0.15) is 11.3 Å². The summed E-state index contributed by atoms with van der Waals surface area (Å²) in [5, 5.41) is 1.11. The van der Waals surface area contributed by atoms with Crippen molar-refractivity contribution >= 4 is 11.0 Å². The number of benzene rings is 1. The van der Waals surface area contributed by atoms with Gasteiger partial charge in [0.15, 0.2) is 0 Å². The number of rotatable bonds is 4. The van der Waals surface area contributed by atoms with Gasteiger partial charge < -0.3 is 14.9 Å². The molecule has 2 N–H and O–H groups in total. The molecule has 0 aliphatic carbocycles. The molecule has 114 valence electrons. The molecule has 2 unspecified atom stereocenters. The van der Waals surface area contributed by atoms with E-state index < -0.39 is 0 Å². The number of aryl methyl sites for hydroxylation is 1. The van der Waals surface area contributed by atoms with E-state index >= 15 is 0 Å². The Balaban J connectivity index is 1.79. The van der Waals surface area contributed by atoms with E-state index in [2.05, 4.69) is 36.9 Å². The quantitative estimate of drug-likeness (QED) is 0.940.